The molecule has 1 aromatic carbocycles. The predicted molar refractivity (Wildman–Crippen MR) is 69.0 cm³/mol. The van der Waals surface area contributed by atoms with Crippen LogP contribution in [0.3, 0.4) is 0 Å². The van der Waals surface area contributed by atoms with Crippen molar-refractivity contribution in [3.8, 4) is 0 Å². The second-order valence-corrected chi connectivity index (χ2v) is 4.52. The zero-order valence-corrected chi connectivity index (χ0v) is 10.1. The zero-order valence-electron chi connectivity index (χ0n) is 10.1. The van der Waals surface area contributed by atoms with Crippen LogP contribution in [-0.4, -0.2) is 18.1 Å². The van der Waals surface area contributed by atoms with Gasteiger partial charge >= 0.3 is 6.03 Å². The smallest absolute Gasteiger partial charge is 0.315 e. The first-order chi connectivity index (χ1) is 8.19. The van der Waals surface area contributed by atoms with Gasteiger partial charge in [-0.25, -0.2) is 4.79 Å². The van der Waals surface area contributed by atoms with E-state index in [1.807, 2.05) is 19.1 Å². The van der Waals surface area contributed by atoms with Gasteiger partial charge in [0.05, 0.1) is 0 Å². The van der Waals surface area contributed by atoms with E-state index in [0.29, 0.717) is 0 Å². The number of urea groups is 1. The van der Waals surface area contributed by atoms with E-state index >= 15 is 0 Å². The van der Waals surface area contributed by atoms with Crippen molar-refractivity contribution < 1.29 is 4.79 Å². The van der Waals surface area contributed by atoms with E-state index in [4.69, 9.17) is 0 Å². The number of hydrogen-bond donors (Lipinski definition) is 2. The molecule has 1 aliphatic carbocycles. The minimum absolute atomic E-state index is 0.00113. The summed E-state index contributed by atoms with van der Waals surface area (Å²) < 4.78 is 0. The first-order valence-electron chi connectivity index (χ1n) is 5.95. The molecule has 0 saturated carbocycles. The van der Waals surface area contributed by atoms with E-state index in [1.54, 1.807) is 6.08 Å². The third kappa shape index (κ3) is 2.87. The van der Waals surface area contributed by atoms with Gasteiger partial charge in [-0.15, -0.1) is 6.58 Å². The molecule has 1 aromatic rings. The fourth-order valence-electron chi connectivity index (χ4n) is 2.15. The van der Waals surface area contributed by atoms with E-state index in [9.17, 15) is 4.79 Å². The van der Waals surface area contributed by atoms with Gasteiger partial charge in [-0.1, -0.05) is 30.3 Å². The lowest BCUT2D eigenvalue weighted by Gasteiger charge is -2.15. The Morgan fingerprint density at radius 3 is 2.53 bits per heavy atom. The minimum atomic E-state index is -0.116. The molecule has 0 aliphatic heterocycles. The van der Waals surface area contributed by atoms with Crippen molar-refractivity contribution >= 4 is 6.03 Å². The number of nitrogens with one attached hydrogen (secondary N) is 2. The minimum Gasteiger partial charge on any atom is -0.335 e. The topological polar surface area (TPSA) is 41.1 Å². The highest BCUT2D eigenvalue weighted by Crippen LogP contribution is 2.21. The first-order valence-corrected chi connectivity index (χ1v) is 5.95. The lowest BCUT2D eigenvalue weighted by molar-refractivity contribution is 0.236. The highest BCUT2D eigenvalue weighted by atomic mass is 16.2. The molecular formula is C14H18N2O. The van der Waals surface area contributed by atoms with E-state index in [0.717, 1.165) is 12.8 Å². The van der Waals surface area contributed by atoms with Gasteiger partial charge in [-0.2, -0.15) is 0 Å². The van der Waals surface area contributed by atoms with Gasteiger partial charge in [-0.3, -0.25) is 0 Å². The number of carbonyl (C=O) groups is 1. The van der Waals surface area contributed by atoms with Crippen LogP contribution in [-0.2, 0) is 12.8 Å². The van der Waals surface area contributed by atoms with Gasteiger partial charge in [0, 0.05) is 12.1 Å². The van der Waals surface area contributed by atoms with Gasteiger partial charge in [0.1, 0.15) is 0 Å². The molecule has 0 heterocycles. The summed E-state index contributed by atoms with van der Waals surface area (Å²) in [5.74, 6) is 0. The lowest BCUT2D eigenvalue weighted by Crippen LogP contribution is -2.45. The molecule has 1 aliphatic rings. The van der Waals surface area contributed by atoms with Crippen molar-refractivity contribution in [2.45, 2.75) is 31.8 Å². The highest BCUT2D eigenvalue weighted by Gasteiger charge is 2.22. The molecule has 0 radical (unpaired) electrons. The summed E-state index contributed by atoms with van der Waals surface area (Å²) in [7, 11) is 0. The molecule has 0 unspecified atom stereocenters. The molecule has 17 heavy (non-hydrogen) atoms. The van der Waals surface area contributed by atoms with Crippen molar-refractivity contribution in [1.82, 2.24) is 10.6 Å². The second-order valence-electron chi connectivity index (χ2n) is 4.52. The standard InChI is InChI=1S/C14H18N2O/c1-3-10(2)15-14(17)16-13-8-11-6-4-5-7-12(11)9-13/h3-7,10,13H,1,8-9H2,2H3,(H2,15,16,17)/t10-/m0/s1. The third-order valence-corrected chi connectivity index (χ3v) is 3.10. The molecule has 90 valence electrons. The van der Waals surface area contributed by atoms with E-state index < -0.39 is 0 Å². The Hall–Kier alpha value is -1.77. The van der Waals surface area contributed by atoms with Crippen LogP contribution in [0.2, 0.25) is 0 Å². The number of fused-ring (bicyclic) bond motifs is 1. The monoisotopic (exact) mass is 230 g/mol. The molecule has 2 amide bonds. The van der Waals surface area contributed by atoms with Crippen molar-refractivity contribution in [3.05, 3.63) is 48.0 Å². The zero-order chi connectivity index (χ0) is 12.3. The number of hydrogen-bond acceptors (Lipinski definition) is 1. The molecular weight excluding hydrogens is 212 g/mol. The maximum Gasteiger partial charge on any atom is 0.315 e. The summed E-state index contributed by atoms with van der Waals surface area (Å²) in [5.41, 5.74) is 2.68. The summed E-state index contributed by atoms with van der Waals surface area (Å²) in [5, 5.41) is 5.81. The molecule has 2 N–H and O–H groups in total. The lowest BCUT2D eigenvalue weighted by atomic mass is 10.1. The van der Waals surface area contributed by atoms with Crippen molar-refractivity contribution in [2.75, 3.05) is 0 Å². The molecule has 2 rings (SSSR count). The predicted octanol–water partition coefficient (Wildman–Crippen LogP) is 2.03. The van der Waals surface area contributed by atoms with Crippen LogP contribution in [0.15, 0.2) is 36.9 Å². The van der Waals surface area contributed by atoms with Crippen molar-refractivity contribution in [1.29, 1.82) is 0 Å². The Kier molecular flexibility index (Phi) is 3.47. The maximum atomic E-state index is 11.6. The van der Waals surface area contributed by atoms with E-state index in [2.05, 4.69) is 29.3 Å². The van der Waals surface area contributed by atoms with E-state index in [1.165, 1.54) is 11.1 Å². The molecule has 0 fully saturated rings. The van der Waals surface area contributed by atoms with Crippen LogP contribution in [0.5, 0.6) is 0 Å². The summed E-state index contributed by atoms with van der Waals surface area (Å²) in [6.45, 7) is 5.53. The molecule has 0 spiro atoms. The summed E-state index contributed by atoms with van der Waals surface area (Å²) in [6.07, 6.45) is 3.56. The summed E-state index contributed by atoms with van der Waals surface area (Å²) in [4.78, 5) is 11.6. The van der Waals surface area contributed by atoms with Gasteiger partial charge < -0.3 is 10.6 Å². The molecule has 0 aromatic heterocycles. The average Bonchev–Trinajstić information content (AvgIpc) is 2.70. The van der Waals surface area contributed by atoms with Crippen molar-refractivity contribution in [3.63, 3.8) is 0 Å². The Morgan fingerprint density at radius 2 is 2.00 bits per heavy atom. The summed E-state index contributed by atoms with van der Waals surface area (Å²) in [6, 6.07) is 8.43. The van der Waals surface area contributed by atoms with E-state index in [-0.39, 0.29) is 18.1 Å². The average molecular weight is 230 g/mol. The first kappa shape index (κ1) is 11.7. The summed E-state index contributed by atoms with van der Waals surface area (Å²) >= 11 is 0. The van der Waals surface area contributed by atoms with Crippen LogP contribution in [0.1, 0.15) is 18.1 Å². The molecule has 1 atom stereocenters. The van der Waals surface area contributed by atoms with Crippen molar-refractivity contribution in [2.24, 2.45) is 0 Å². The molecule has 3 heteroatoms. The highest BCUT2D eigenvalue weighted by molar-refractivity contribution is 5.75. The SMILES string of the molecule is C=C[C@H](C)NC(=O)NC1Cc2ccccc2C1. The van der Waals surface area contributed by atoms with Crippen LogP contribution >= 0.6 is 0 Å². The Bertz CT molecular complexity index is 403. The van der Waals surface area contributed by atoms with Gasteiger partial charge in [0.2, 0.25) is 0 Å². The fraction of sp³-hybridized carbons (Fsp3) is 0.357. The third-order valence-electron chi connectivity index (χ3n) is 3.10. The molecule has 0 saturated heterocycles. The number of rotatable bonds is 3. The van der Waals surface area contributed by atoms with Gasteiger partial charge in [0.25, 0.3) is 0 Å². The number of amides is 2. The Balaban J connectivity index is 1.87. The molecule has 0 bridgehead atoms. The van der Waals surface area contributed by atoms with Crippen LogP contribution in [0.4, 0.5) is 4.79 Å². The Labute approximate surface area is 102 Å². The maximum absolute atomic E-state index is 11.6. The largest absolute Gasteiger partial charge is 0.335 e. The van der Waals surface area contributed by atoms with Crippen LogP contribution in [0.25, 0.3) is 0 Å². The van der Waals surface area contributed by atoms with Gasteiger partial charge in [0.15, 0.2) is 0 Å². The second kappa shape index (κ2) is 5.04. The van der Waals surface area contributed by atoms with Crippen LogP contribution < -0.4 is 10.6 Å². The number of benzene rings is 1. The normalized spacial score (nSPS) is 16.1. The number of carbonyl (C=O) groups excluding carboxylic acids is 1. The fourth-order valence-corrected chi connectivity index (χ4v) is 2.15. The Morgan fingerprint density at radius 1 is 1.41 bits per heavy atom. The van der Waals surface area contributed by atoms with Gasteiger partial charge in [-0.05, 0) is 30.9 Å². The quantitative estimate of drug-likeness (QED) is 0.766. The van der Waals surface area contributed by atoms with Crippen LogP contribution in [0, 0.1) is 0 Å². The molecule has 3 nitrogen and oxygen atoms in total.